The lowest BCUT2D eigenvalue weighted by Gasteiger charge is -2.37. The SMILES string of the molecule is CN=C(NCCc1nccn1Cc1ccccc1)N1CCN(c2cccc(Cl)c2)CC1.I. The van der Waals surface area contributed by atoms with Gasteiger partial charge in [0.2, 0.25) is 0 Å². The molecule has 0 unspecified atom stereocenters. The zero-order chi connectivity index (χ0) is 21.5. The molecule has 1 N–H and O–H groups in total. The van der Waals surface area contributed by atoms with Crippen molar-refractivity contribution >= 4 is 47.2 Å². The van der Waals surface area contributed by atoms with Gasteiger partial charge in [-0.15, -0.1) is 24.0 Å². The molecule has 170 valence electrons. The first-order valence-electron chi connectivity index (χ1n) is 10.7. The number of hydrogen-bond donors (Lipinski definition) is 1. The Labute approximate surface area is 212 Å². The van der Waals surface area contributed by atoms with E-state index in [1.807, 2.05) is 43.7 Å². The van der Waals surface area contributed by atoms with E-state index in [4.69, 9.17) is 11.6 Å². The van der Waals surface area contributed by atoms with Crippen LogP contribution in [0.25, 0.3) is 0 Å². The number of piperazine rings is 1. The number of aromatic nitrogens is 2. The molecule has 2 heterocycles. The molecule has 1 aliphatic rings. The van der Waals surface area contributed by atoms with Crippen LogP contribution in [0.1, 0.15) is 11.4 Å². The van der Waals surface area contributed by atoms with Crippen molar-refractivity contribution in [2.45, 2.75) is 13.0 Å². The summed E-state index contributed by atoms with van der Waals surface area (Å²) >= 11 is 6.15. The van der Waals surface area contributed by atoms with Crippen molar-refractivity contribution in [1.82, 2.24) is 19.8 Å². The Morgan fingerprint density at radius 1 is 1.06 bits per heavy atom. The molecule has 0 spiro atoms. The number of rotatable bonds is 6. The van der Waals surface area contributed by atoms with Gasteiger partial charge in [-0.2, -0.15) is 0 Å². The van der Waals surface area contributed by atoms with Crippen LogP contribution < -0.4 is 10.2 Å². The van der Waals surface area contributed by atoms with Gasteiger partial charge in [-0.05, 0) is 23.8 Å². The molecular weight excluding hydrogens is 535 g/mol. The monoisotopic (exact) mass is 564 g/mol. The number of nitrogens with one attached hydrogen (secondary N) is 1. The molecule has 2 aromatic carbocycles. The highest BCUT2D eigenvalue weighted by Crippen LogP contribution is 2.20. The molecule has 1 saturated heterocycles. The van der Waals surface area contributed by atoms with Gasteiger partial charge in [0.05, 0.1) is 0 Å². The van der Waals surface area contributed by atoms with Crippen LogP contribution in [-0.4, -0.2) is 60.2 Å². The van der Waals surface area contributed by atoms with Crippen LogP contribution in [0, 0.1) is 0 Å². The highest BCUT2D eigenvalue weighted by atomic mass is 127. The summed E-state index contributed by atoms with van der Waals surface area (Å²) in [6, 6.07) is 18.5. The third-order valence-electron chi connectivity index (χ3n) is 5.59. The Balaban J connectivity index is 0.00000289. The van der Waals surface area contributed by atoms with Crippen molar-refractivity contribution in [2.24, 2.45) is 4.99 Å². The van der Waals surface area contributed by atoms with Crippen LogP contribution in [0.15, 0.2) is 72.0 Å². The molecule has 1 aliphatic heterocycles. The first-order valence-corrected chi connectivity index (χ1v) is 11.1. The highest BCUT2D eigenvalue weighted by Gasteiger charge is 2.20. The van der Waals surface area contributed by atoms with E-state index in [0.29, 0.717) is 0 Å². The molecule has 1 fully saturated rings. The van der Waals surface area contributed by atoms with Crippen molar-refractivity contribution in [3.8, 4) is 0 Å². The summed E-state index contributed by atoms with van der Waals surface area (Å²) in [5, 5.41) is 4.30. The van der Waals surface area contributed by atoms with Gasteiger partial charge in [0, 0.05) is 75.8 Å². The van der Waals surface area contributed by atoms with E-state index >= 15 is 0 Å². The molecule has 0 saturated carbocycles. The van der Waals surface area contributed by atoms with Crippen LogP contribution in [0.2, 0.25) is 5.02 Å². The lowest BCUT2D eigenvalue weighted by molar-refractivity contribution is 0.372. The van der Waals surface area contributed by atoms with Gasteiger partial charge < -0.3 is 19.7 Å². The van der Waals surface area contributed by atoms with Gasteiger partial charge in [-0.25, -0.2) is 4.98 Å². The summed E-state index contributed by atoms with van der Waals surface area (Å²) in [4.78, 5) is 13.7. The molecule has 3 aromatic rings. The fourth-order valence-electron chi connectivity index (χ4n) is 3.96. The van der Waals surface area contributed by atoms with Crippen LogP contribution in [0.3, 0.4) is 0 Å². The minimum atomic E-state index is 0. The summed E-state index contributed by atoms with van der Waals surface area (Å²) < 4.78 is 2.21. The number of nitrogens with zero attached hydrogens (tertiary/aromatic N) is 5. The van der Waals surface area contributed by atoms with Crippen LogP contribution in [0.4, 0.5) is 5.69 Å². The molecular formula is C24H30ClIN6. The lowest BCUT2D eigenvalue weighted by Crippen LogP contribution is -2.52. The van der Waals surface area contributed by atoms with E-state index in [0.717, 1.165) is 62.5 Å². The Morgan fingerprint density at radius 2 is 1.84 bits per heavy atom. The van der Waals surface area contributed by atoms with Gasteiger partial charge in [0.25, 0.3) is 0 Å². The second kappa shape index (κ2) is 12.1. The Morgan fingerprint density at radius 3 is 2.56 bits per heavy atom. The van der Waals surface area contributed by atoms with Crippen LogP contribution in [0.5, 0.6) is 0 Å². The fourth-order valence-corrected chi connectivity index (χ4v) is 4.14. The van der Waals surface area contributed by atoms with E-state index < -0.39 is 0 Å². The summed E-state index contributed by atoms with van der Waals surface area (Å²) in [6.07, 6.45) is 4.77. The maximum absolute atomic E-state index is 6.15. The van der Waals surface area contributed by atoms with Gasteiger partial charge in [-0.1, -0.05) is 48.0 Å². The smallest absolute Gasteiger partial charge is 0.193 e. The average Bonchev–Trinajstić information content (AvgIpc) is 3.24. The lowest BCUT2D eigenvalue weighted by atomic mass is 10.2. The molecule has 6 nitrogen and oxygen atoms in total. The number of anilines is 1. The third kappa shape index (κ3) is 6.38. The van der Waals surface area contributed by atoms with Crippen molar-refractivity contribution in [1.29, 1.82) is 0 Å². The summed E-state index contributed by atoms with van der Waals surface area (Å²) in [5.74, 6) is 2.03. The van der Waals surface area contributed by atoms with Crippen molar-refractivity contribution in [3.05, 3.63) is 83.4 Å². The second-order valence-corrected chi connectivity index (χ2v) is 8.07. The first kappa shape index (κ1) is 24.4. The Hall–Kier alpha value is -2.26. The van der Waals surface area contributed by atoms with Gasteiger partial charge in [-0.3, -0.25) is 4.99 Å². The number of halogens is 2. The number of guanidine groups is 1. The topological polar surface area (TPSA) is 48.7 Å². The molecule has 0 radical (unpaired) electrons. The molecule has 8 heteroatoms. The van der Waals surface area contributed by atoms with Crippen molar-refractivity contribution in [3.63, 3.8) is 0 Å². The maximum atomic E-state index is 6.15. The zero-order valence-corrected chi connectivity index (χ0v) is 21.4. The van der Waals surface area contributed by atoms with E-state index in [1.54, 1.807) is 0 Å². The van der Waals surface area contributed by atoms with Gasteiger partial charge >= 0.3 is 0 Å². The van der Waals surface area contributed by atoms with E-state index in [9.17, 15) is 0 Å². The fraction of sp³-hybridized carbons (Fsp3) is 0.333. The standard InChI is InChI=1S/C24H29ClN6.HI/c1-26-24(30-16-14-29(15-17-30)22-9-5-8-21(25)18-22)28-11-10-23-27-12-13-31(23)19-20-6-3-2-4-7-20;/h2-9,12-13,18H,10-11,14-17,19H2,1H3,(H,26,28);1H. The normalized spacial score (nSPS) is 14.2. The number of benzene rings is 2. The average molecular weight is 565 g/mol. The van der Waals surface area contributed by atoms with Gasteiger partial charge in [0.15, 0.2) is 5.96 Å². The minimum absolute atomic E-state index is 0. The molecule has 0 atom stereocenters. The highest BCUT2D eigenvalue weighted by molar-refractivity contribution is 14.0. The Bertz CT molecular complexity index is 998. The predicted molar refractivity (Wildman–Crippen MR) is 143 cm³/mol. The number of hydrogen-bond acceptors (Lipinski definition) is 3. The summed E-state index contributed by atoms with van der Waals surface area (Å²) in [5.41, 5.74) is 2.46. The molecule has 4 rings (SSSR count). The van der Waals surface area contributed by atoms with Crippen molar-refractivity contribution < 1.29 is 0 Å². The third-order valence-corrected chi connectivity index (χ3v) is 5.83. The largest absolute Gasteiger partial charge is 0.368 e. The maximum Gasteiger partial charge on any atom is 0.193 e. The number of aliphatic imine (C=N–C) groups is 1. The zero-order valence-electron chi connectivity index (χ0n) is 18.3. The quantitative estimate of drug-likeness (QED) is 0.278. The molecule has 32 heavy (non-hydrogen) atoms. The van der Waals surface area contributed by atoms with Crippen molar-refractivity contribution in [2.75, 3.05) is 44.7 Å². The van der Waals surface area contributed by atoms with E-state index in [1.165, 1.54) is 11.3 Å². The predicted octanol–water partition coefficient (Wildman–Crippen LogP) is 4.14. The van der Waals surface area contributed by atoms with E-state index in [-0.39, 0.29) is 24.0 Å². The molecule has 0 amide bonds. The second-order valence-electron chi connectivity index (χ2n) is 7.63. The minimum Gasteiger partial charge on any atom is -0.368 e. The molecule has 0 aliphatic carbocycles. The first-order chi connectivity index (χ1) is 15.2. The molecule has 1 aromatic heterocycles. The Kier molecular flexibility index (Phi) is 9.23. The van der Waals surface area contributed by atoms with E-state index in [2.05, 4.69) is 60.0 Å². The summed E-state index contributed by atoms with van der Waals surface area (Å²) in [6.45, 7) is 5.39. The van der Waals surface area contributed by atoms with Gasteiger partial charge in [0.1, 0.15) is 5.82 Å². The summed E-state index contributed by atoms with van der Waals surface area (Å²) in [7, 11) is 1.85. The van der Waals surface area contributed by atoms with Crippen LogP contribution in [-0.2, 0) is 13.0 Å². The molecule has 0 bridgehead atoms. The number of imidazole rings is 1. The van der Waals surface area contributed by atoms with Crippen LogP contribution >= 0.6 is 35.6 Å².